The van der Waals surface area contributed by atoms with Gasteiger partial charge >= 0.3 is 0 Å². The molecule has 6 N–H and O–H groups in total. The van der Waals surface area contributed by atoms with Crippen LogP contribution in [0, 0.1) is 0 Å². The van der Waals surface area contributed by atoms with E-state index in [2.05, 4.69) is 15.1 Å². The topological polar surface area (TPSA) is 160 Å². The van der Waals surface area contributed by atoms with E-state index >= 15 is 0 Å². The van der Waals surface area contributed by atoms with Crippen LogP contribution in [0.4, 0.5) is 5.82 Å². The Bertz CT molecular complexity index is 1260. The Morgan fingerprint density at radius 3 is 2.42 bits per heavy atom. The molecule has 9 nitrogen and oxygen atoms in total. The number of anilines is 1. The van der Waals surface area contributed by atoms with E-state index < -0.39 is 21.2 Å². The predicted molar refractivity (Wildman–Crippen MR) is 129 cm³/mol. The summed E-state index contributed by atoms with van der Waals surface area (Å²) >= 11 is 0. The zero-order valence-electron chi connectivity index (χ0n) is 18.8. The second-order valence-corrected chi connectivity index (χ2v) is 10.2. The maximum absolute atomic E-state index is 12.4. The summed E-state index contributed by atoms with van der Waals surface area (Å²) in [5.41, 5.74) is 15.0. The van der Waals surface area contributed by atoms with Crippen molar-refractivity contribution in [3.8, 4) is 11.3 Å². The number of nitrogen functional groups attached to an aromatic ring is 1. The van der Waals surface area contributed by atoms with Crippen LogP contribution in [0.1, 0.15) is 43.7 Å². The van der Waals surface area contributed by atoms with Gasteiger partial charge in [0.15, 0.2) is 9.84 Å². The van der Waals surface area contributed by atoms with Crippen LogP contribution >= 0.6 is 0 Å². The van der Waals surface area contributed by atoms with Gasteiger partial charge in [0.1, 0.15) is 17.6 Å². The first kappa shape index (κ1) is 24.1. The minimum Gasteiger partial charge on any atom is -0.467 e. The van der Waals surface area contributed by atoms with Gasteiger partial charge in [0.2, 0.25) is 5.90 Å². The first-order valence-electron chi connectivity index (χ1n) is 10.4. The fraction of sp³-hybridized carbons (Fsp3) is 0.261. The summed E-state index contributed by atoms with van der Waals surface area (Å²) < 4.78 is 30.7. The van der Waals surface area contributed by atoms with Gasteiger partial charge in [0.05, 0.1) is 22.0 Å². The Morgan fingerprint density at radius 2 is 1.82 bits per heavy atom. The molecule has 33 heavy (non-hydrogen) atoms. The molecule has 0 saturated heterocycles. The number of hydrazone groups is 1. The Hall–Kier alpha value is -3.50. The molecule has 0 bridgehead atoms. The van der Waals surface area contributed by atoms with Crippen molar-refractivity contribution in [3.63, 3.8) is 0 Å². The van der Waals surface area contributed by atoms with E-state index in [0.717, 1.165) is 5.56 Å². The van der Waals surface area contributed by atoms with Gasteiger partial charge in [-0.05, 0) is 50.6 Å². The zero-order chi connectivity index (χ0) is 24.2. The van der Waals surface area contributed by atoms with E-state index in [4.69, 9.17) is 22.0 Å². The number of nitrogens with zero attached hydrogens (tertiary/aromatic N) is 3. The van der Waals surface area contributed by atoms with Gasteiger partial charge in [-0.2, -0.15) is 0 Å². The summed E-state index contributed by atoms with van der Waals surface area (Å²) in [6.45, 7) is 5.43. The lowest BCUT2D eigenvalue weighted by Gasteiger charge is -2.17. The molecule has 3 rings (SSSR count). The lowest BCUT2D eigenvalue weighted by Crippen LogP contribution is -2.16. The number of nitrogens with two attached hydrogens (primary N) is 3. The number of aromatic nitrogens is 2. The fourth-order valence-corrected chi connectivity index (χ4v) is 4.23. The number of hydrogen-bond donors (Lipinski definition) is 3. The predicted octanol–water partition coefficient (Wildman–Crippen LogP) is 2.76. The minimum atomic E-state index is -3.36. The normalized spacial score (nSPS) is 13.2. The van der Waals surface area contributed by atoms with Gasteiger partial charge in [-0.1, -0.05) is 24.3 Å². The maximum atomic E-state index is 12.4. The van der Waals surface area contributed by atoms with Crippen LogP contribution < -0.4 is 17.3 Å². The van der Waals surface area contributed by atoms with Crippen molar-refractivity contribution in [2.45, 2.75) is 43.6 Å². The largest absolute Gasteiger partial charge is 0.467 e. The SMILES string of the molecule is CC(OC(=NN)c1cccc(CN)c1)c1nc(-c2ccc(S(=O)(=O)C(C)C)cc2)cnc1N. The van der Waals surface area contributed by atoms with Gasteiger partial charge in [-0.15, -0.1) is 5.10 Å². The number of hydrogen-bond acceptors (Lipinski definition) is 9. The van der Waals surface area contributed by atoms with Crippen molar-refractivity contribution >= 4 is 21.6 Å². The van der Waals surface area contributed by atoms with Gasteiger partial charge in [0.25, 0.3) is 0 Å². The monoisotopic (exact) mass is 468 g/mol. The van der Waals surface area contributed by atoms with Gasteiger partial charge in [0, 0.05) is 17.7 Å². The molecular formula is C23H28N6O3S. The maximum Gasteiger partial charge on any atom is 0.238 e. The molecule has 0 spiro atoms. The quantitative estimate of drug-likeness (QED) is 0.206. The standard InChI is InChI=1S/C23H28N6O3S/c1-14(2)33(30,31)19-9-7-17(8-10-19)20-13-27-22(25)21(28-20)15(3)32-23(29-26)18-6-4-5-16(11-18)12-24/h4-11,13-15H,12,24,26H2,1-3H3,(H2,25,27). The Balaban J connectivity index is 1.88. The molecule has 3 aromatic rings. The highest BCUT2D eigenvalue weighted by atomic mass is 32.2. The molecule has 0 aliphatic carbocycles. The highest BCUT2D eigenvalue weighted by Gasteiger charge is 2.21. The molecule has 0 aliphatic rings. The highest BCUT2D eigenvalue weighted by molar-refractivity contribution is 7.92. The van der Waals surface area contributed by atoms with E-state index in [1.807, 2.05) is 24.3 Å². The average Bonchev–Trinajstić information content (AvgIpc) is 2.82. The van der Waals surface area contributed by atoms with E-state index in [0.29, 0.717) is 29.1 Å². The van der Waals surface area contributed by atoms with Crippen LogP contribution in [0.2, 0.25) is 0 Å². The Labute approximate surface area is 193 Å². The van der Waals surface area contributed by atoms with E-state index in [9.17, 15) is 8.42 Å². The van der Waals surface area contributed by atoms with Crippen LogP contribution in [0.25, 0.3) is 11.3 Å². The number of sulfone groups is 1. The highest BCUT2D eigenvalue weighted by Crippen LogP contribution is 2.26. The van der Waals surface area contributed by atoms with Gasteiger partial charge in [-0.3, -0.25) is 0 Å². The molecule has 0 fully saturated rings. The average molecular weight is 469 g/mol. The summed E-state index contributed by atoms with van der Waals surface area (Å²) in [6, 6.07) is 13.9. The molecule has 10 heteroatoms. The van der Waals surface area contributed by atoms with Gasteiger partial charge < -0.3 is 22.0 Å². The van der Waals surface area contributed by atoms with Crippen LogP contribution in [0.15, 0.2) is 64.7 Å². The summed E-state index contributed by atoms with van der Waals surface area (Å²) in [5, 5.41) is 3.26. The molecule has 1 unspecified atom stereocenters. The van der Waals surface area contributed by atoms with Crippen molar-refractivity contribution in [2.75, 3.05) is 5.73 Å². The molecule has 0 aliphatic heterocycles. The lowest BCUT2D eigenvalue weighted by atomic mass is 10.1. The molecule has 2 aromatic carbocycles. The summed E-state index contributed by atoms with van der Waals surface area (Å²) in [6.07, 6.45) is 0.919. The second kappa shape index (κ2) is 9.97. The van der Waals surface area contributed by atoms with Gasteiger partial charge in [-0.25, -0.2) is 18.4 Å². The summed E-state index contributed by atoms with van der Waals surface area (Å²) in [7, 11) is -3.36. The number of ether oxygens (including phenoxy) is 1. The van der Waals surface area contributed by atoms with Crippen molar-refractivity contribution < 1.29 is 13.2 Å². The van der Waals surface area contributed by atoms with Crippen LogP contribution in [-0.4, -0.2) is 29.5 Å². The van der Waals surface area contributed by atoms with Crippen LogP contribution in [0.3, 0.4) is 0 Å². The van der Waals surface area contributed by atoms with Crippen molar-refractivity contribution in [1.82, 2.24) is 9.97 Å². The second-order valence-electron chi connectivity index (χ2n) is 7.74. The Kier molecular flexibility index (Phi) is 7.29. The zero-order valence-corrected chi connectivity index (χ0v) is 19.6. The van der Waals surface area contributed by atoms with Crippen LogP contribution in [0.5, 0.6) is 0 Å². The third-order valence-corrected chi connectivity index (χ3v) is 7.30. The molecule has 1 heterocycles. The third kappa shape index (κ3) is 5.29. The summed E-state index contributed by atoms with van der Waals surface area (Å²) in [5.74, 6) is 5.99. The molecular weight excluding hydrogens is 440 g/mol. The van der Waals surface area contributed by atoms with Crippen molar-refractivity contribution in [3.05, 3.63) is 71.5 Å². The smallest absolute Gasteiger partial charge is 0.238 e. The molecule has 1 atom stereocenters. The number of benzene rings is 2. The Morgan fingerprint density at radius 1 is 1.12 bits per heavy atom. The third-order valence-electron chi connectivity index (χ3n) is 5.13. The van der Waals surface area contributed by atoms with E-state index in [-0.39, 0.29) is 16.6 Å². The first-order valence-corrected chi connectivity index (χ1v) is 11.9. The van der Waals surface area contributed by atoms with E-state index in [1.54, 1.807) is 45.0 Å². The molecule has 174 valence electrons. The fourth-order valence-electron chi connectivity index (χ4n) is 3.17. The first-order chi connectivity index (χ1) is 15.7. The van der Waals surface area contributed by atoms with Crippen molar-refractivity contribution in [2.24, 2.45) is 16.7 Å². The van der Waals surface area contributed by atoms with Crippen molar-refractivity contribution in [1.29, 1.82) is 0 Å². The molecule has 0 amide bonds. The molecule has 0 saturated carbocycles. The molecule has 1 aromatic heterocycles. The summed E-state index contributed by atoms with van der Waals surface area (Å²) in [4.78, 5) is 9.10. The number of rotatable bonds is 7. The lowest BCUT2D eigenvalue weighted by molar-refractivity contribution is 0.208. The molecule has 0 radical (unpaired) electrons. The minimum absolute atomic E-state index is 0.206. The van der Waals surface area contributed by atoms with Crippen LogP contribution in [-0.2, 0) is 21.1 Å². The van der Waals surface area contributed by atoms with E-state index in [1.165, 1.54) is 6.20 Å².